The van der Waals surface area contributed by atoms with Crippen LogP contribution in [0.3, 0.4) is 0 Å². The topological polar surface area (TPSA) is 54.0 Å². The molecule has 0 saturated heterocycles. The predicted octanol–water partition coefficient (Wildman–Crippen LogP) is 0.0610. The molecular weight excluding hydrogens is 176 g/mol. The minimum Gasteiger partial charge on any atom is -0.465 e. The smallest absolute Gasteiger partial charge is 0.371 e. The highest BCUT2D eigenvalue weighted by molar-refractivity contribution is 5.80. The van der Waals surface area contributed by atoms with Gasteiger partial charge in [-0.05, 0) is 12.2 Å². The molecule has 0 aliphatic carbocycles. The lowest BCUT2D eigenvalue weighted by Gasteiger charge is -2.23. The molecule has 2 atom stereocenters. The van der Waals surface area contributed by atoms with Gasteiger partial charge in [0.05, 0.1) is 7.11 Å². The standard InChI is InChI=1S/C8H12O5/c1-10-6-4-5-8(12-3,13-6)7(9)11-2/h4-6H,1-3H3. The van der Waals surface area contributed by atoms with Crippen molar-refractivity contribution in [1.82, 2.24) is 0 Å². The molecule has 0 amide bonds. The highest BCUT2D eigenvalue weighted by Crippen LogP contribution is 2.25. The fourth-order valence-electron chi connectivity index (χ4n) is 1.04. The second-order valence-corrected chi connectivity index (χ2v) is 2.44. The molecule has 0 bridgehead atoms. The molecule has 0 saturated carbocycles. The van der Waals surface area contributed by atoms with E-state index < -0.39 is 18.0 Å². The number of carbonyl (C=O) groups is 1. The van der Waals surface area contributed by atoms with Crippen LogP contribution < -0.4 is 0 Å². The summed E-state index contributed by atoms with van der Waals surface area (Å²) in [6.45, 7) is 0. The molecule has 1 aliphatic rings. The van der Waals surface area contributed by atoms with Crippen molar-refractivity contribution in [3.05, 3.63) is 12.2 Å². The largest absolute Gasteiger partial charge is 0.465 e. The summed E-state index contributed by atoms with van der Waals surface area (Å²) in [5.41, 5.74) is 0. The van der Waals surface area contributed by atoms with Crippen LogP contribution in [0.2, 0.25) is 0 Å². The number of carbonyl (C=O) groups excluding carboxylic acids is 1. The summed E-state index contributed by atoms with van der Waals surface area (Å²) >= 11 is 0. The fourth-order valence-corrected chi connectivity index (χ4v) is 1.04. The van der Waals surface area contributed by atoms with Crippen molar-refractivity contribution in [1.29, 1.82) is 0 Å². The molecule has 2 unspecified atom stereocenters. The Balaban J connectivity index is 2.75. The SMILES string of the molecule is COC(=O)C1(OC)C=CC(OC)O1. The Kier molecular flexibility index (Phi) is 3.02. The van der Waals surface area contributed by atoms with Crippen molar-refractivity contribution < 1.29 is 23.7 Å². The van der Waals surface area contributed by atoms with Crippen LogP contribution in [0.15, 0.2) is 12.2 Å². The number of methoxy groups -OCH3 is 3. The molecule has 1 heterocycles. The average molecular weight is 188 g/mol. The van der Waals surface area contributed by atoms with Crippen LogP contribution in [0, 0.1) is 0 Å². The summed E-state index contributed by atoms with van der Waals surface area (Å²) in [5.74, 6) is -2.05. The third-order valence-electron chi connectivity index (χ3n) is 1.77. The van der Waals surface area contributed by atoms with E-state index in [1.165, 1.54) is 27.4 Å². The average Bonchev–Trinajstić information content (AvgIpc) is 2.61. The van der Waals surface area contributed by atoms with Gasteiger partial charge in [0.2, 0.25) is 0 Å². The highest BCUT2D eigenvalue weighted by atomic mass is 16.8. The Morgan fingerprint density at radius 2 is 2.15 bits per heavy atom. The van der Waals surface area contributed by atoms with Crippen LogP contribution in [-0.2, 0) is 23.7 Å². The fraction of sp³-hybridized carbons (Fsp3) is 0.625. The number of hydrogen-bond donors (Lipinski definition) is 0. The number of hydrogen-bond acceptors (Lipinski definition) is 5. The maximum atomic E-state index is 11.2. The van der Waals surface area contributed by atoms with Gasteiger partial charge in [0.25, 0.3) is 5.79 Å². The molecule has 13 heavy (non-hydrogen) atoms. The zero-order valence-corrected chi connectivity index (χ0v) is 7.77. The van der Waals surface area contributed by atoms with E-state index in [0.717, 1.165) is 0 Å². The first-order valence-corrected chi connectivity index (χ1v) is 3.72. The summed E-state index contributed by atoms with van der Waals surface area (Å²) in [7, 11) is 4.09. The van der Waals surface area contributed by atoms with E-state index in [0.29, 0.717) is 0 Å². The van der Waals surface area contributed by atoms with E-state index in [-0.39, 0.29) is 0 Å². The van der Waals surface area contributed by atoms with Crippen molar-refractivity contribution in [2.45, 2.75) is 12.1 Å². The Bertz CT molecular complexity index is 225. The Labute approximate surface area is 76.2 Å². The highest BCUT2D eigenvalue weighted by Gasteiger charge is 2.44. The molecule has 0 spiro atoms. The van der Waals surface area contributed by atoms with Gasteiger partial charge in [-0.3, -0.25) is 0 Å². The number of esters is 1. The lowest BCUT2D eigenvalue weighted by atomic mass is 10.3. The van der Waals surface area contributed by atoms with Gasteiger partial charge in [-0.25, -0.2) is 4.79 Å². The van der Waals surface area contributed by atoms with Crippen molar-refractivity contribution >= 4 is 5.97 Å². The summed E-state index contributed by atoms with van der Waals surface area (Å²) in [6, 6.07) is 0. The van der Waals surface area contributed by atoms with Gasteiger partial charge in [0.15, 0.2) is 6.29 Å². The van der Waals surface area contributed by atoms with Gasteiger partial charge in [-0.1, -0.05) is 0 Å². The predicted molar refractivity (Wildman–Crippen MR) is 42.8 cm³/mol. The van der Waals surface area contributed by atoms with Gasteiger partial charge < -0.3 is 18.9 Å². The van der Waals surface area contributed by atoms with E-state index in [4.69, 9.17) is 14.2 Å². The van der Waals surface area contributed by atoms with Gasteiger partial charge >= 0.3 is 5.97 Å². The molecule has 0 aromatic rings. The third kappa shape index (κ3) is 1.72. The minimum atomic E-state index is -1.45. The molecule has 0 fully saturated rings. The molecule has 0 radical (unpaired) electrons. The van der Waals surface area contributed by atoms with E-state index >= 15 is 0 Å². The van der Waals surface area contributed by atoms with E-state index in [1.807, 2.05) is 0 Å². The maximum absolute atomic E-state index is 11.2. The first kappa shape index (κ1) is 10.2. The summed E-state index contributed by atoms with van der Waals surface area (Å²) in [5, 5.41) is 0. The van der Waals surface area contributed by atoms with E-state index in [9.17, 15) is 4.79 Å². The molecule has 0 aromatic heterocycles. The monoisotopic (exact) mass is 188 g/mol. The van der Waals surface area contributed by atoms with Crippen molar-refractivity contribution in [3.63, 3.8) is 0 Å². The normalized spacial score (nSPS) is 32.1. The van der Waals surface area contributed by atoms with Gasteiger partial charge in [0, 0.05) is 14.2 Å². The van der Waals surface area contributed by atoms with Crippen LogP contribution in [0.5, 0.6) is 0 Å². The first-order chi connectivity index (χ1) is 6.18. The molecule has 0 N–H and O–H groups in total. The molecule has 5 heteroatoms. The molecule has 1 aliphatic heterocycles. The first-order valence-electron chi connectivity index (χ1n) is 3.72. The second kappa shape index (κ2) is 3.87. The zero-order chi connectivity index (χ0) is 9.90. The van der Waals surface area contributed by atoms with Crippen LogP contribution >= 0.6 is 0 Å². The molecule has 0 aromatic carbocycles. The number of ether oxygens (including phenoxy) is 4. The third-order valence-corrected chi connectivity index (χ3v) is 1.77. The lowest BCUT2D eigenvalue weighted by molar-refractivity contribution is -0.248. The quantitative estimate of drug-likeness (QED) is 0.463. The van der Waals surface area contributed by atoms with E-state index in [1.54, 1.807) is 6.08 Å². The van der Waals surface area contributed by atoms with Crippen LogP contribution in [0.4, 0.5) is 0 Å². The van der Waals surface area contributed by atoms with Crippen molar-refractivity contribution in [2.24, 2.45) is 0 Å². The van der Waals surface area contributed by atoms with Gasteiger partial charge in [0.1, 0.15) is 0 Å². The summed E-state index contributed by atoms with van der Waals surface area (Å²) < 4.78 is 19.5. The maximum Gasteiger partial charge on any atom is 0.371 e. The summed E-state index contributed by atoms with van der Waals surface area (Å²) in [6.07, 6.45) is 2.48. The van der Waals surface area contributed by atoms with Crippen molar-refractivity contribution in [2.75, 3.05) is 21.3 Å². The van der Waals surface area contributed by atoms with Gasteiger partial charge in [-0.2, -0.15) is 0 Å². The molecule has 74 valence electrons. The van der Waals surface area contributed by atoms with E-state index in [2.05, 4.69) is 4.74 Å². The van der Waals surface area contributed by atoms with Crippen molar-refractivity contribution in [3.8, 4) is 0 Å². The molecule has 5 nitrogen and oxygen atoms in total. The molecule has 1 rings (SSSR count). The van der Waals surface area contributed by atoms with Crippen LogP contribution in [0.1, 0.15) is 0 Å². The Morgan fingerprint density at radius 1 is 1.46 bits per heavy atom. The lowest BCUT2D eigenvalue weighted by Crippen LogP contribution is -2.41. The van der Waals surface area contributed by atoms with Gasteiger partial charge in [-0.15, -0.1) is 0 Å². The Hall–Kier alpha value is -0.910. The Morgan fingerprint density at radius 3 is 2.54 bits per heavy atom. The molecular formula is C8H12O5. The van der Waals surface area contributed by atoms with Crippen LogP contribution in [-0.4, -0.2) is 39.4 Å². The zero-order valence-electron chi connectivity index (χ0n) is 7.77. The number of rotatable bonds is 3. The van der Waals surface area contributed by atoms with Crippen LogP contribution in [0.25, 0.3) is 0 Å². The summed E-state index contributed by atoms with van der Waals surface area (Å²) in [4.78, 5) is 11.2. The minimum absolute atomic E-state index is 0.570. The second-order valence-electron chi connectivity index (χ2n) is 2.44.